The first-order chi connectivity index (χ1) is 11.5. The third kappa shape index (κ3) is 5.13. The predicted molar refractivity (Wildman–Crippen MR) is 91.6 cm³/mol. The summed E-state index contributed by atoms with van der Waals surface area (Å²) in [4.78, 5) is 34.0. The number of rotatable bonds is 7. The van der Waals surface area contributed by atoms with E-state index in [9.17, 15) is 14.4 Å². The number of thioether (sulfide) groups is 1. The van der Waals surface area contributed by atoms with Gasteiger partial charge in [0.25, 0.3) is 0 Å². The summed E-state index contributed by atoms with van der Waals surface area (Å²) in [5.74, 6) is -1.99. The van der Waals surface area contributed by atoms with Crippen LogP contribution in [0.1, 0.15) is 26.3 Å². The van der Waals surface area contributed by atoms with Crippen LogP contribution in [-0.2, 0) is 10.5 Å². The molecule has 0 saturated carbocycles. The highest BCUT2D eigenvalue weighted by Crippen LogP contribution is 2.17. The van der Waals surface area contributed by atoms with E-state index in [1.165, 1.54) is 23.9 Å². The summed E-state index contributed by atoms with van der Waals surface area (Å²) < 4.78 is 0. The molecule has 0 saturated heterocycles. The Labute approximate surface area is 142 Å². The molecular formula is C17H15NO5S. The highest BCUT2D eigenvalue weighted by molar-refractivity contribution is 7.99. The van der Waals surface area contributed by atoms with Crippen molar-refractivity contribution >= 4 is 35.3 Å². The fourth-order valence-electron chi connectivity index (χ4n) is 1.98. The topological polar surface area (TPSA) is 104 Å². The van der Waals surface area contributed by atoms with Gasteiger partial charge >= 0.3 is 11.9 Å². The van der Waals surface area contributed by atoms with E-state index in [4.69, 9.17) is 10.2 Å². The van der Waals surface area contributed by atoms with Crippen molar-refractivity contribution in [2.24, 2.45) is 0 Å². The molecule has 1 amide bonds. The lowest BCUT2D eigenvalue weighted by Gasteiger charge is -2.08. The average Bonchev–Trinajstić information content (AvgIpc) is 2.55. The molecule has 7 heteroatoms. The second-order valence-electron chi connectivity index (χ2n) is 4.94. The number of hydrogen-bond acceptors (Lipinski definition) is 4. The van der Waals surface area contributed by atoms with Gasteiger partial charge in [-0.3, -0.25) is 4.79 Å². The molecule has 3 N–H and O–H groups in total. The fourth-order valence-corrected chi connectivity index (χ4v) is 2.77. The number of anilines is 1. The first-order valence-electron chi connectivity index (χ1n) is 6.99. The van der Waals surface area contributed by atoms with Crippen LogP contribution in [0.25, 0.3) is 0 Å². The fraction of sp³-hybridized carbons (Fsp3) is 0.118. The van der Waals surface area contributed by atoms with Crippen LogP contribution in [0.3, 0.4) is 0 Å². The van der Waals surface area contributed by atoms with E-state index in [2.05, 4.69) is 5.32 Å². The maximum absolute atomic E-state index is 11.9. The van der Waals surface area contributed by atoms with Crippen LogP contribution in [0.2, 0.25) is 0 Å². The molecule has 6 nitrogen and oxygen atoms in total. The monoisotopic (exact) mass is 345 g/mol. The Morgan fingerprint density at radius 3 is 2.04 bits per heavy atom. The molecule has 0 spiro atoms. The van der Waals surface area contributed by atoms with Crippen LogP contribution >= 0.6 is 11.8 Å². The number of carbonyl (C=O) groups excluding carboxylic acids is 1. The standard InChI is InChI=1S/C17H15NO5S/c19-15(10-24-9-11-4-2-1-3-5-11)18-14-7-12(16(20)21)6-13(8-14)17(22)23/h1-8H,9-10H2,(H,18,19)(H,20,21)(H,22,23). The van der Waals surface area contributed by atoms with Crippen LogP contribution in [0.5, 0.6) is 0 Å². The van der Waals surface area contributed by atoms with Gasteiger partial charge in [-0.2, -0.15) is 0 Å². The van der Waals surface area contributed by atoms with Crippen molar-refractivity contribution in [3.05, 3.63) is 65.2 Å². The van der Waals surface area contributed by atoms with Crippen LogP contribution in [0.15, 0.2) is 48.5 Å². The lowest BCUT2D eigenvalue weighted by molar-refractivity contribution is -0.113. The lowest BCUT2D eigenvalue weighted by Crippen LogP contribution is -2.15. The zero-order valence-electron chi connectivity index (χ0n) is 12.6. The Kier molecular flexibility index (Phi) is 5.97. The molecule has 0 fully saturated rings. The molecule has 0 atom stereocenters. The molecule has 2 aromatic carbocycles. The molecule has 0 aromatic heterocycles. The molecule has 24 heavy (non-hydrogen) atoms. The number of nitrogens with one attached hydrogen (secondary N) is 1. The molecule has 2 rings (SSSR count). The Morgan fingerprint density at radius 1 is 0.917 bits per heavy atom. The largest absolute Gasteiger partial charge is 0.478 e. The predicted octanol–water partition coefficient (Wildman–Crippen LogP) is 2.95. The summed E-state index contributed by atoms with van der Waals surface area (Å²) in [6.07, 6.45) is 0. The number of hydrogen-bond donors (Lipinski definition) is 3. The molecular weight excluding hydrogens is 330 g/mol. The lowest BCUT2D eigenvalue weighted by atomic mass is 10.1. The van der Waals surface area contributed by atoms with Gasteiger partial charge in [0.15, 0.2) is 0 Å². The molecule has 0 heterocycles. The van der Waals surface area contributed by atoms with Crippen molar-refractivity contribution < 1.29 is 24.6 Å². The average molecular weight is 345 g/mol. The zero-order chi connectivity index (χ0) is 17.5. The quantitative estimate of drug-likeness (QED) is 0.713. The van der Waals surface area contributed by atoms with E-state index < -0.39 is 11.9 Å². The van der Waals surface area contributed by atoms with Crippen molar-refractivity contribution in [1.82, 2.24) is 0 Å². The van der Waals surface area contributed by atoms with E-state index in [1.807, 2.05) is 30.3 Å². The van der Waals surface area contributed by atoms with Gasteiger partial charge in [-0.05, 0) is 23.8 Å². The highest BCUT2D eigenvalue weighted by Gasteiger charge is 2.13. The van der Waals surface area contributed by atoms with Crippen LogP contribution in [0.4, 0.5) is 5.69 Å². The Hall–Kier alpha value is -2.80. The Balaban J connectivity index is 1.97. The number of carboxylic acids is 2. The van der Waals surface area contributed by atoms with E-state index >= 15 is 0 Å². The van der Waals surface area contributed by atoms with Crippen molar-refractivity contribution in [3.8, 4) is 0 Å². The Morgan fingerprint density at radius 2 is 1.50 bits per heavy atom. The summed E-state index contributed by atoms with van der Waals surface area (Å²) in [5.41, 5.74) is 0.859. The second-order valence-corrected chi connectivity index (χ2v) is 5.92. The number of carbonyl (C=O) groups is 3. The van der Waals surface area contributed by atoms with E-state index in [0.717, 1.165) is 11.6 Å². The molecule has 0 aliphatic carbocycles. The molecule has 124 valence electrons. The first kappa shape index (κ1) is 17.6. The van der Waals surface area contributed by atoms with Crippen molar-refractivity contribution in [2.75, 3.05) is 11.1 Å². The van der Waals surface area contributed by atoms with Crippen molar-refractivity contribution in [3.63, 3.8) is 0 Å². The smallest absolute Gasteiger partial charge is 0.335 e. The second kappa shape index (κ2) is 8.16. The molecule has 0 bridgehead atoms. The van der Waals surface area contributed by atoms with Crippen LogP contribution in [0, 0.1) is 0 Å². The van der Waals surface area contributed by atoms with Gasteiger partial charge in [-0.15, -0.1) is 11.8 Å². The third-order valence-electron chi connectivity index (χ3n) is 3.06. The van der Waals surface area contributed by atoms with Gasteiger partial charge < -0.3 is 15.5 Å². The molecule has 2 aromatic rings. The number of aromatic carboxylic acids is 2. The maximum atomic E-state index is 11.9. The van der Waals surface area contributed by atoms with Gasteiger partial charge in [0.2, 0.25) is 5.91 Å². The number of carboxylic acid groups (broad SMARTS) is 2. The normalized spacial score (nSPS) is 10.2. The van der Waals surface area contributed by atoms with E-state index in [1.54, 1.807) is 0 Å². The van der Waals surface area contributed by atoms with Crippen molar-refractivity contribution in [2.45, 2.75) is 5.75 Å². The minimum atomic E-state index is -1.26. The summed E-state index contributed by atoms with van der Waals surface area (Å²) in [7, 11) is 0. The molecule has 0 aliphatic heterocycles. The number of benzene rings is 2. The molecule has 0 aliphatic rings. The van der Waals surface area contributed by atoms with E-state index in [0.29, 0.717) is 5.75 Å². The third-order valence-corrected chi connectivity index (χ3v) is 4.06. The van der Waals surface area contributed by atoms with Gasteiger partial charge in [-0.25, -0.2) is 9.59 Å². The van der Waals surface area contributed by atoms with Gasteiger partial charge in [-0.1, -0.05) is 30.3 Å². The first-order valence-corrected chi connectivity index (χ1v) is 8.14. The minimum Gasteiger partial charge on any atom is -0.478 e. The van der Waals surface area contributed by atoms with Crippen molar-refractivity contribution in [1.29, 1.82) is 0 Å². The summed E-state index contributed by atoms with van der Waals surface area (Å²) in [6.45, 7) is 0. The zero-order valence-corrected chi connectivity index (χ0v) is 13.4. The van der Waals surface area contributed by atoms with Gasteiger partial charge in [0, 0.05) is 11.4 Å². The van der Waals surface area contributed by atoms with Gasteiger partial charge in [0.1, 0.15) is 0 Å². The van der Waals surface area contributed by atoms with E-state index in [-0.39, 0.29) is 28.5 Å². The summed E-state index contributed by atoms with van der Waals surface area (Å²) in [5, 5.41) is 20.5. The minimum absolute atomic E-state index is 0.151. The van der Waals surface area contributed by atoms with Crippen LogP contribution in [-0.4, -0.2) is 33.8 Å². The van der Waals surface area contributed by atoms with Crippen LogP contribution < -0.4 is 5.32 Å². The maximum Gasteiger partial charge on any atom is 0.335 e. The SMILES string of the molecule is O=C(CSCc1ccccc1)Nc1cc(C(=O)O)cc(C(=O)O)c1. The highest BCUT2D eigenvalue weighted by atomic mass is 32.2. The molecule has 0 unspecified atom stereocenters. The summed E-state index contributed by atoms with van der Waals surface area (Å²) in [6, 6.07) is 13.2. The number of amides is 1. The van der Waals surface area contributed by atoms with Gasteiger partial charge in [0.05, 0.1) is 16.9 Å². The Bertz CT molecular complexity index is 729. The summed E-state index contributed by atoms with van der Waals surface area (Å²) >= 11 is 1.41. The molecule has 0 radical (unpaired) electrons.